The van der Waals surface area contributed by atoms with E-state index in [4.69, 9.17) is 9.15 Å². The van der Waals surface area contributed by atoms with Crippen LogP contribution in [0.1, 0.15) is 20.9 Å². The third-order valence-electron chi connectivity index (χ3n) is 4.21. The molecule has 2 aromatic rings. The largest absolute Gasteiger partial charge is 0.459 e. The summed E-state index contributed by atoms with van der Waals surface area (Å²) in [5.41, 5.74) is 0.575. The number of hydrogen-bond donors (Lipinski definition) is 1. The van der Waals surface area contributed by atoms with E-state index in [1.165, 1.54) is 6.26 Å². The molecule has 1 aliphatic heterocycles. The molecule has 0 saturated carbocycles. The van der Waals surface area contributed by atoms with Crippen LogP contribution in [-0.4, -0.2) is 73.0 Å². The van der Waals surface area contributed by atoms with E-state index in [2.05, 4.69) is 10.3 Å². The summed E-state index contributed by atoms with van der Waals surface area (Å²) in [5, 5.41) is 3.11. The van der Waals surface area contributed by atoms with Crippen molar-refractivity contribution in [2.24, 2.45) is 0 Å². The zero-order chi connectivity index (χ0) is 18.4. The number of carbonyl (C=O) groups is 2. The molecular weight excluding hydrogens is 336 g/mol. The summed E-state index contributed by atoms with van der Waals surface area (Å²) >= 11 is 0. The highest BCUT2D eigenvalue weighted by Crippen LogP contribution is 2.14. The predicted octanol–water partition coefficient (Wildman–Crippen LogP) is 1.33. The van der Waals surface area contributed by atoms with Crippen molar-refractivity contribution in [3.05, 3.63) is 48.0 Å². The first-order valence-electron chi connectivity index (χ1n) is 8.50. The Morgan fingerprint density at radius 3 is 2.58 bits per heavy atom. The predicted molar refractivity (Wildman–Crippen MR) is 95.1 cm³/mol. The van der Waals surface area contributed by atoms with Crippen LogP contribution in [0.25, 0.3) is 0 Å². The minimum absolute atomic E-state index is 0.0627. The molecule has 1 saturated heterocycles. The van der Waals surface area contributed by atoms with Crippen LogP contribution in [0.4, 0.5) is 5.82 Å². The Labute approximate surface area is 151 Å². The lowest BCUT2D eigenvalue weighted by atomic mass is 10.2. The second kappa shape index (κ2) is 8.48. The number of furan rings is 1. The fraction of sp³-hybridized carbons (Fsp3) is 0.389. The lowest BCUT2D eigenvalue weighted by Gasteiger charge is -2.34. The maximum atomic E-state index is 12.7. The summed E-state index contributed by atoms with van der Waals surface area (Å²) in [5.74, 6) is 0.758. The molecule has 8 heteroatoms. The van der Waals surface area contributed by atoms with E-state index in [9.17, 15) is 9.59 Å². The molecule has 2 amide bonds. The smallest absolute Gasteiger partial charge is 0.289 e. The van der Waals surface area contributed by atoms with Crippen LogP contribution < -0.4 is 5.32 Å². The Balaban J connectivity index is 1.56. The van der Waals surface area contributed by atoms with Crippen molar-refractivity contribution in [1.29, 1.82) is 0 Å². The summed E-state index contributed by atoms with van der Waals surface area (Å²) in [6.45, 7) is 3.12. The number of hydrogen-bond acceptors (Lipinski definition) is 6. The normalized spacial score (nSPS) is 14.3. The molecule has 2 aromatic heterocycles. The number of methoxy groups -OCH3 is 1. The first-order valence-corrected chi connectivity index (χ1v) is 8.50. The fourth-order valence-corrected chi connectivity index (χ4v) is 2.79. The monoisotopic (exact) mass is 358 g/mol. The van der Waals surface area contributed by atoms with Crippen molar-refractivity contribution in [3.8, 4) is 0 Å². The van der Waals surface area contributed by atoms with E-state index in [1.807, 2.05) is 0 Å². The van der Waals surface area contributed by atoms with Gasteiger partial charge in [0.1, 0.15) is 5.82 Å². The topological polar surface area (TPSA) is 87.9 Å². The van der Waals surface area contributed by atoms with E-state index in [1.54, 1.807) is 47.4 Å². The lowest BCUT2D eigenvalue weighted by molar-refractivity contribution is 0.0518. The van der Waals surface area contributed by atoms with Crippen LogP contribution in [0, 0.1) is 0 Å². The van der Waals surface area contributed by atoms with Crippen molar-refractivity contribution in [2.45, 2.75) is 0 Å². The van der Waals surface area contributed by atoms with Crippen LogP contribution in [0.3, 0.4) is 0 Å². The quantitative estimate of drug-likeness (QED) is 0.784. The molecule has 0 aliphatic carbocycles. The number of nitrogens with zero attached hydrogens (tertiary/aromatic N) is 3. The zero-order valence-corrected chi connectivity index (χ0v) is 14.7. The molecule has 26 heavy (non-hydrogen) atoms. The Morgan fingerprint density at radius 1 is 1.19 bits per heavy atom. The van der Waals surface area contributed by atoms with Crippen LogP contribution >= 0.6 is 0 Å². The average molecular weight is 358 g/mol. The van der Waals surface area contributed by atoms with Gasteiger partial charge in [-0.05, 0) is 24.3 Å². The van der Waals surface area contributed by atoms with Crippen molar-refractivity contribution in [3.63, 3.8) is 0 Å². The Morgan fingerprint density at radius 2 is 1.92 bits per heavy atom. The van der Waals surface area contributed by atoms with Crippen LogP contribution in [0.2, 0.25) is 0 Å². The number of ether oxygens (including phenoxy) is 1. The van der Waals surface area contributed by atoms with E-state index in [0.29, 0.717) is 56.5 Å². The molecule has 1 fully saturated rings. The lowest BCUT2D eigenvalue weighted by Crippen LogP contribution is -2.50. The maximum absolute atomic E-state index is 12.7. The maximum Gasteiger partial charge on any atom is 0.289 e. The number of rotatable bonds is 6. The molecule has 8 nitrogen and oxygen atoms in total. The molecule has 0 radical (unpaired) electrons. The highest BCUT2D eigenvalue weighted by atomic mass is 16.5. The van der Waals surface area contributed by atoms with Gasteiger partial charge in [0, 0.05) is 51.6 Å². The third-order valence-corrected chi connectivity index (χ3v) is 4.21. The Bertz CT molecular complexity index is 739. The minimum atomic E-state index is -0.143. The summed E-state index contributed by atoms with van der Waals surface area (Å²) in [4.78, 5) is 32.6. The van der Waals surface area contributed by atoms with E-state index in [0.717, 1.165) is 0 Å². The van der Waals surface area contributed by atoms with Crippen molar-refractivity contribution in [1.82, 2.24) is 14.8 Å². The first-order chi connectivity index (χ1) is 12.7. The van der Waals surface area contributed by atoms with Gasteiger partial charge in [0.2, 0.25) is 0 Å². The number of amides is 2. The minimum Gasteiger partial charge on any atom is -0.459 e. The number of carbonyl (C=O) groups excluding carboxylic acids is 2. The van der Waals surface area contributed by atoms with Crippen molar-refractivity contribution >= 4 is 17.6 Å². The van der Waals surface area contributed by atoms with E-state index >= 15 is 0 Å². The van der Waals surface area contributed by atoms with Gasteiger partial charge in [-0.1, -0.05) is 0 Å². The number of nitrogens with one attached hydrogen (secondary N) is 1. The van der Waals surface area contributed by atoms with Gasteiger partial charge in [0.25, 0.3) is 11.8 Å². The number of anilines is 1. The molecule has 1 N–H and O–H groups in total. The molecule has 138 valence electrons. The van der Waals surface area contributed by atoms with Crippen LogP contribution in [0.5, 0.6) is 0 Å². The zero-order valence-electron chi connectivity index (χ0n) is 14.7. The molecule has 3 rings (SSSR count). The molecular formula is C18H22N4O4. The molecule has 1 aliphatic rings. The highest BCUT2D eigenvalue weighted by Gasteiger charge is 2.26. The highest BCUT2D eigenvalue weighted by molar-refractivity contribution is 5.95. The standard InChI is InChI=1S/C18H22N4O4/c1-25-12-6-20-16-13-14(4-5-19-16)17(23)21-7-9-22(10-8-21)18(24)15-3-2-11-26-15/h2-5,11,13H,6-10,12H2,1H3,(H,19,20). The van der Waals surface area contributed by atoms with Gasteiger partial charge in [0.15, 0.2) is 5.76 Å². The van der Waals surface area contributed by atoms with Gasteiger partial charge in [-0.2, -0.15) is 0 Å². The molecule has 0 bridgehead atoms. The Kier molecular flexibility index (Phi) is 5.85. The third kappa shape index (κ3) is 4.20. The van der Waals surface area contributed by atoms with Crippen molar-refractivity contribution < 1.29 is 18.7 Å². The second-order valence-corrected chi connectivity index (χ2v) is 5.91. The van der Waals surface area contributed by atoms with Gasteiger partial charge in [0.05, 0.1) is 12.9 Å². The van der Waals surface area contributed by atoms with Crippen LogP contribution in [0.15, 0.2) is 41.1 Å². The van der Waals surface area contributed by atoms with Crippen molar-refractivity contribution in [2.75, 3.05) is 51.8 Å². The SMILES string of the molecule is COCCNc1cc(C(=O)N2CCN(C(=O)c3ccco3)CC2)ccn1. The average Bonchev–Trinajstić information content (AvgIpc) is 3.22. The van der Waals surface area contributed by atoms with E-state index in [-0.39, 0.29) is 11.8 Å². The second-order valence-electron chi connectivity index (χ2n) is 5.91. The van der Waals surface area contributed by atoms with E-state index < -0.39 is 0 Å². The summed E-state index contributed by atoms with van der Waals surface area (Å²) in [7, 11) is 1.63. The fourth-order valence-electron chi connectivity index (χ4n) is 2.79. The number of pyridine rings is 1. The summed E-state index contributed by atoms with van der Waals surface area (Å²) < 4.78 is 10.1. The molecule has 0 unspecified atom stereocenters. The molecule has 0 spiro atoms. The molecule has 0 aromatic carbocycles. The van der Waals surface area contributed by atoms with Gasteiger partial charge < -0.3 is 24.3 Å². The first kappa shape index (κ1) is 17.9. The Hall–Kier alpha value is -2.87. The van der Waals surface area contributed by atoms with Gasteiger partial charge in [-0.25, -0.2) is 4.98 Å². The van der Waals surface area contributed by atoms with Gasteiger partial charge in [-0.15, -0.1) is 0 Å². The molecule has 3 heterocycles. The van der Waals surface area contributed by atoms with Crippen LogP contribution in [-0.2, 0) is 4.74 Å². The van der Waals surface area contributed by atoms with Gasteiger partial charge in [-0.3, -0.25) is 9.59 Å². The summed E-state index contributed by atoms with van der Waals surface area (Å²) in [6, 6.07) is 6.77. The molecule has 0 atom stereocenters. The number of piperazine rings is 1. The summed E-state index contributed by atoms with van der Waals surface area (Å²) in [6.07, 6.45) is 3.09. The number of aromatic nitrogens is 1. The van der Waals surface area contributed by atoms with Gasteiger partial charge >= 0.3 is 0 Å².